The lowest BCUT2D eigenvalue weighted by Gasteiger charge is -2.32. The van der Waals surface area contributed by atoms with Gasteiger partial charge in [-0.2, -0.15) is 0 Å². The molecule has 4 rings (SSSR count). The number of benzene rings is 1. The van der Waals surface area contributed by atoms with E-state index in [1.807, 2.05) is 30.3 Å². The molecule has 0 bridgehead atoms. The molecule has 0 atom stereocenters. The quantitative estimate of drug-likeness (QED) is 0.576. The van der Waals surface area contributed by atoms with Gasteiger partial charge in [0.1, 0.15) is 0 Å². The Labute approximate surface area is 195 Å². The topological polar surface area (TPSA) is 74.2 Å². The Morgan fingerprint density at radius 2 is 1.76 bits per heavy atom. The largest absolute Gasteiger partial charge is 0.372 e. The molecule has 1 fully saturated rings. The summed E-state index contributed by atoms with van der Waals surface area (Å²) in [5, 5.41) is 11.9. The van der Waals surface area contributed by atoms with Crippen molar-refractivity contribution in [2.75, 3.05) is 41.3 Å². The fourth-order valence-electron chi connectivity index (χ4n) is 4.35. The zero-order valence-electron chi connectivity index (χ0n) is 19.7. The number of aryl methyl sites for hydroxylation is 1. The van der Waals surface area contributed by atoms with Gasteiger partial charge in [0.05, 0.1) is 5.69 Å². The first kappa shape index (κ1) is 22.7. The number of aromatic nitrogens is 3. The molecule has 3 aromatic rings. The highest BCUT2D eigenvalue weighted by Crippen LogP contribution is 2.26. The second-order valence-electron chi connectivity index (χ2n) is 8.43. The molecule has 1 saturated heterocycles. The molecule has 1 amide bonds. The Morgan fingerprint density at radius 1 is 1.03 bits per heavy atom. The molecule has 0 saturated carbocycles. The van der Waals surface area contributed by atoms with E-state index in [0.29, 0.717) is 0 Å². The van der Waals surface area contributed by atoms with Crippen molar-refractivity contribution < 1.29 is 4.79 Å². The standard InChI is InChI=1S/C26H32N6O/c1-4-31(5-2)22-6-7-23(19(3)18-22)28-26(33)21-12-16-32(17-13-21)25-9-8-24(29-30-25)20-10-14-27-15-11-20/h6-11,14-15,18,21H,4-5,12-13,16-17H2,1-3H3,(H,28,33). The fraction of sp³-hybridized carbons (Fsp3) is 0.385. The number of piperidine rings is 1. The van der Waals surface area contributed by atoms with Gasteiger partial charge in [-0.15, -0.1) is 10.2 Å². The summed E-state index contributed by atoms with van der Waals surface area (Å²) in [6.07, 6.45) is 5.11. The monoisotopic (exact) mass is 444 g/mol. The molecule has 7 heteroatoms. The normalized spacial score (nSPS) is 14.2. The molecule has 1 aliphatic rings. The SMILES string of the molecule is CCN(CC)c1ccc(NC(=O)C2CCN(c3ccc(-c4ccncc4)nn3)CC2)c(C)c1. The fourth-order valence-corrected chi connectivity index (χ4v) is 4.35. The summed E-state index contributed by atoms with van der Waals surface area (Å²) in [4.78, 5) is 21.5. The van der Waals surface area contributed by atoms with Gasteiger partial charge in [0.2, 0.25) is 5.91 Å². The van der Waals surface area contributed by atoms with Crippen molar-refractivity contribution in [3.63, 3.8) is 0 Å². The second kappa shape index (κ2) is 10.4. The highest BCUT2D eigenvalue weighted by atomic mass is 16.1. The van der Waals surface area contributed by atoms with Crippen molar-refractivity contribution in [3.8, 4) is 11.3 Å². The van der Waals surface area contributed by atoms with Crippen LogP contribution in [0, 0.1) is 12.8 Å². The predicted octanol–water partition coefficient (Wildman–Crippen LogP) is 4.55. The number of nitrogens with zero attached hydrogens (tertiary/aromatic N) is 5. The molecule has 0 unspecified atom stereocenters. The van der Waals surface area contributed by atoms with Crippen molar-refractivity contribution in [2.45, 2.75) is 33.6 Å². The number of hydrogen-bond donors (Lipinski definition) is 1. The lowest BCUT2D eigenvalue weighted by molar-refractivity contribution is -0.120. The van der Waals surface area contributed by atoms with Gasteiger partial charge in [0.15, 0.2) is 5.82 Å². The number of nitrogens with one attached hydrogen (secondary N) is 1. The van der Waals surface area contributed by atoms with Gasteiger partial charge in [-0.1, -0.05) is 0 Å². The smallest absolute Gasteiger partial charge is 0.227 e. The highest BCUT2D eigenvalue weighted by Gasteiger charge is 2.26. The minimum Gasteiger partial charge on any atom is -0.372 e. The van der Waals surface area contributed by atoms with Crippen molar-refractivity contribution in [2.24, 2.45) is 5.92 Å². The molecule has 3 heterocycles. The van der Waals surface area contributed by atoms with Crippen LogP contribution in [0.4, 0.5) is 17.2 Å². The third kappa shape index (κ3) is 5.30. The van der Waals surface area contributed by atoms with Crippen LogP contribution >= 0.6 is 0 Å². The summed E-state index contributed by atoms with van der Waals surface area (Å²) in [6.45, 7) is 9.89. The number of pyridine rings is 1. The van der Waals surface area contributed by atoms with E-state index in [2.05, 4.69) is 63.2 Å². The Hall–Kier alpha value is -3.48. The van der Waals surface area contributed by atoms with Crippen LogP contribution in [-0.4, -0.2) is 47.3 Å². The van der Waals surface area contributed by atoms with Gasteiger partial charge in [0, 0.05) is 61.4 Å². The van der Waals surface area contributed by atoms with E-state index >= 15 is 0 Å². The van der Waals surface area contributed by atoms with Crippen LogP contribution in [0.25, 0.3) is 11.3 Å². The van der Waals surface area contributed by atoms with Gasteiger partial charge >= 0.3 is 0 Å². The molecule has 0 radical (unpaired) electrons. The molecule has 172 valence electrons. The first-order valence-corrected chi connectivity index (χ1v) is 11.7. The summed E-state index contributed by atoms with van der Waals surface area (Å²) in [7, 11) is 0. The van der Waals surface area contributed by atoms with Crippen molar-refractivity contribution >= 4 is 23.1 Å². The molecule has 2 aromatic heterocycles. The maximum Gasteiger partial charge on any atom is 0.227 e. The summed E-state index contributed by atoms with van der Waals surface area (Å²) < 4.78 is 0. The molecule has 1 aliphatic heterocycles. The molecule has 1 N–H and O–H groups in total. The van der Waals surface area contributed by atoms with Crippen LogP contribution in [0.5, 0.6) is 0 Å². The molecular formula is C26H32N6O. The summed E-state index contributed by atoms with van der Waals surface area (Å²) in [6, 6.07) is 14.1. The molecule has 0 aliphatic carbocycles. The number of anilines is 3. The summed E-state index contributed by atoms with van der Waals surface area (Å²) in [5.41, 5.74) is 5.02. The number of hydrogen-bond acceptors (Lipinski definition) is 6. The van der Waals surface area contributed by atoms with Crippen LogP contribution in [0.15, 0.2) is 54.9 Å². The lowest BCUT2D eigenvalue weighted by Crippen LogP contribution is -2.38. The molecular weight excluding hydrogens is 412 g/mol. The third-order valence-corrected chi connectivity index (χ3v) is 6.41. The van der Waals surface area contributed by atoms with Gasteiger partial charge in [-0.25, -0.2) is 0 Å². The number of carbonyl (C=O) groups excluding carboxylic acids is 1. The van der Waals surface area contributed by atoms with Crippen LogP contribution in [-0.2, 0) is 4.79 Å². The number of rotatable bonds is 7. The van der Waals surface area contributed by atoms with E-state index in [1.165, 1.54) is 5.69 Å². The predicted molar refractivity (Wildman–Crippen MR) is 134 cm³/mol. The van der Waals surface area contributed by atoms with Crippen molar-refractivity contribution in [1.82, 2.24) is 15.2 Å². The first-order valence-electron chi connectivity index (χ1n) is 11.7. The van der Waals surface area contributed by atoms with Gasteiger partial charge in [-0.05, 0) is 81.6 Å². The van der Waals surface area contributed by atoms with Crippen LogP contribution < -0.4 is 15.1 Å². The number of carbonyl (C=O) groups is 1. The van der Waals surface area contributed by atoms with Gasteiger partial charge in [0.25, 0.3) is 0 Å². The Kier molecular flexibility index (Phi) is 7.17. The molecule has 7 nitrogen and oxygen atoms in total. The van der Waals surface area contributed by atoms with E-state index in [1.54, 1.807) is 12.4 Å². The average Bonchev–Trinajstić information content (AvgIpc) is 2.87. The first-order chi connectivity index (χ1) is 16.1. The third-order valence-electron chi connectivity index (χ3n) is 6.41. The van der Waals surface area contributed by atoms with Crippen LogP contribution in [0.2, 0.25) is 0 Å². The zero-order chi connectivity index (χ0) is 23.2. The maximum absolute atomic E-state index is 12.9. The Morgan fingerprint density at radius 3 is 2.36 bits per heavy atom. The van der Waals surface area contributed by atoms with Crippen molar-refractivity contribution in [3.05, 3.63) is 60.4 Å². The second-order valence-corrected chi connectivity index (χ2v) is 8.43. The Balaban J connectivity index is 1.33. The summed E-state index contributed by atoms with van der Waals surface area (Å²) >= 11 is 0. The van der Waals surface area contributed by atoms with Crippen LogP contribution in [0.1, 0.15) is 32.3 Å². The highest BCUT2D eigenvalue weighted by molar-refractivity contribution is 5.93. The maximum atomic E-state index is 12.9. The van der Waals surface area contributed by atoms with E-state index in [9.17, 15) is 4.79 Å². The van der Waals surface area contributed by atoms with Gasteiger partial charge in [-0.3, -0.25) is 9.78 Å². The van der Waals surface area contributed by atoms with E-state index < -0.39 is 0 Å². The van der Waals surface area contributed by atoms with Crippen molar-refractivity contribution in [1.29, 1.82) is 0 Å². The molecule has 33 heavy (non-hydrogen) atoms. The van der Waals surface area contributed by atoms with Crippen LogP contribution in [0.3, 0.4) is 0 Å². The minimum absolute atomic E-state index is 0.00663. The number of amides is 1. The van der Waals surface area contributed by atoms with E-state index in [-0.39, 0.29) is 11.8 Å². The summed E-state index contributed by atoms with van der Waals surface area (Å²) in [5.74, 6) is 0.967. The Bertz CT molecular complexity index is 1060. The van der Waals surface area contributed by atoms with E-state index in [4.69, 9.17) is 0 Å². The average molecular weight is 445 g/mol. The van der Waals surface area contributed by atoms with Gasteiger partial charge < -0.3 is 15.1 Å². The minimum atomic E-state index is 0.00663. The lowest BCUT2D eigenvalue weighted by atomic mass is 9.95. The van der Waals surface area contributed by atoms with E-state index in [0.717, 1.165) is 67.3 Å². The zero-order valence-corrected chi connectivity index (χ0v) is 19.7. The molecule has 1 aromatic carbocycles. The molecule has 0 spiro atoms.